The maximum atomic E-state index is 12.5. The van der Waals surface area contributed by atoms with Crippen molar-refractivity contribution in [1.82, 2.24) is 20.1 Å². The van der Waals surface area contributed by atoms with Gasteiger partial charge in [0.05, 0.1) is 29.2 Å². The molecule has 0 aliphatic rings. The third-order valence-corrected chi connectivity index (χ3v) is 3.96. The summed E-state index contributed by atoms with van der Waals surface area (Å²) < 4.78 is 1.57. The van der Waals surface area contributed by atoms with Crippen molar-refractivity contribution in [2.45, 2.75) is 20.4 Å². The second-order valence-corrected chi connectivity index (χ2v) is 5.81. The van der Waals surface area contributed by atoms with Crippen LogP contribution in [0, 0.1) is 13.8 Å². The number of carbonyl (C=O) groups is 1. The summed E-state index contributed by atoms with van der Waals surface area (Å²) in [6.07, 6.45) is 0. The van der Waals surface area contributed by atoms with Crippen LogP contribution in [0.25, 0.3) is 5.69 Å². The van der Waals surface area contributed by atoms with Gasteiger partial charge in [-0.3, -0.25) is 9.78 Å². The molecule has 1 amide bonds. The van der Waals surface area contributed by atoms with Crippen LogP contribution in [-0.4, -0.2) is 20.7 Å². The number of halogens is 1. The second-order valence-electron chi connectivity index (χ2n) is 5.45. The Morgan fingerprint density at radius 1 is 1.12 bits per heavy atom. The van der Waals surface area contributed by atoms with E-state index in [-0.39, 0.29) is 5.91 Å². The van der Waals surface area contributed by atoms with E-state index in [0.717, 1.165) is 17.1 Å². The van der Waals surface area contributed by atoms with E-state index in [1.165, 1.54) is 0 Å². The summed E-state index contributed by atoms with van der Waals surface area (Å²) >= 11 is 6.39. The van der Waals surface area contributed by atoms with Gasteiger partial charge in [0.1, 0.15) is 5.15 Å². The van der Waals surface area contributed by atoms with Crippen molar-refractivity contribution in [3.63, 3.8) is 0 Å². The quantitative estimate of drug-likeness (QED) is 0.791. The molecule has 0 saturated carbocycles. The van der Waals surface area contributed by atoms with Crippen molar-refractivity contribution in [3.05, 3.63) is 76.3 Å². The van der Waals surface area contributed by atoms with Crippen LogP contribution in [0.4, 0.5) is 0 Å². The van der Waals surface area contributed by atoms with Gasteiger partial charge in [-0.1, -0.05) is 35.9 Å². The molecule has 0 spiro atoms. The molecule has 0 atom stereocenters. The number of aryl methyl sites for hydroxylation is 2. The normalized spacial score (nSPS) is 10.6. The minimum atomic E-state index is -0.261. The first kappa shape index (κ1) is 16.2. The Bertz CT molecular complexity index is 874. The Kier molecular flexibility index (Phi) is 4.62. The number of hydrogen-bond acceptors (Lipinski definition) is 3. The average Bonchev–Trinajstić information content (AvgIpc) is 2.88. The maximum absolute atomic E-state index is 12.5. The van der Waals surface area contributed by atoms with Crippen molar-refractivity contribution in [3.8, 4) is 5.69 Å². The summed E-state index contributed by atoms with van der Waals surface area (Å²) in [6, 6.07) is 15.2. The minimum Gasteiger partial charge on any atom is -0.346 e. The summed E-state index contributed by atoms with van der Waals surface area (Å²) in [5, 5.41) is 7.53. The summed E-state index contributed by atoms with van der Waals surface area (Å²) in [7, 11) is 0. The van der Waals surface area contributed by atoms with Gasteiger partial charge in [-0.15, -0.1) is 0 Å². The molecule has 0 radical (unpaired) electrons. The zero-order valence-electron chi connectivity index (χ0n) is 13.5. The number of nitrogens with one attached hydrogen (secondary N) is 1. The van der Waals surface area contributed by atoms with E-state index in [4.69, 9.17) is 11.6 Å². The lowest BCUT2D eigenvalue weighted by molar-refractivity contribution is 0.0950. The maximum Gasteiger partial charge on any atom is 0.256 e. The van der Waals surface area contributed by atoms with E-state index < -0.39 is 0 Å². The van der Waals surface area contributed by atoms with Gasteiger partial charge in [0.25, 0.3) is 5.91 Å². The van der Waals surface area contributed by atoms with E-state index in [0.29, 0.717) is 23.0 Å². The van der Waals surface area contributed by atoms with E-state index in [1.54, 1.807) is 11.6 Å². The predicted molar refractivity (Wildman–Crippen MR) is 93.5 cm³/mol. The second kappa shape index (κ2) is 6.84. The minimum absolute atomic E-state index is 0.261. The van der Waals surface area contributed by atoms with Crippen molar-refractivity contribution in [2.75, 3.05) is 0 Å². The molecular formula is C18H17ClN4O. The monoisotopic (exact) mass is 340 g/mol. The summed E-state index contributed by atoms with van der Waals surface area (Å²) in [4.78, 5) is 16.9. The van der Waals surface area contributed by atoms with Crippen molar-refractivity contribution in [2.24, 2.45) is 0 Å². The Labute approximate surface area is 145 Å². The molecule has 0 fully saturated rings. The number of para-hydroxylation sites is 1. The zero-order valence-corrected chi connectivity index (χ0v) is 14.2. The lowest BCUT2D eigenvalue weighted by Crippen LogP contribution is -2.24. The van der Waals surface area contributed by atoms with Crippen molar-refractivity contribution >= 4 is 17.5 Å². The summed E-state index contributed by atoms with van der Waals surface area (Å²) in [5.41, 5.74) is 3.48. The van der Waals surface area contributed by atoms with Crippen LogP contribution in [0.5, 0.6) is 0 Å². The molecule has 24 heavy (non-hydrogen) atoms. The number of carbonyl (C=O) groups excluding carboxylic acids is 1. The van der Waals surface area contributed by atoms with Gasteiger partial charge in [0, 0.05) is 5.69 Å². The van der Waals surface area contributed by atoms with Crippen LogP contribution in [0.3, 0.4) is 0 Å². The SMILES string of the molecule is Cc1cccc(CNC(=O)c2c(C)nn(-c3ccccc3)c2Cl)n1. The molecule has 0 aliphatic heterocycles. The molecule has 1 aromatic carbocycles. The van der Waals surface area contributed by atoms with Crippen LogP contribution >= 0.6 is 11.6 Å². The number of benzene rings is 1. The van der Waals surface area contributed by atoms with Gasteiger partial charge >= 0.3 is 0 Å². The molecule has 6 heteroatoms. The molecule has 0 bridgehead atoms. The Balaban J connectivity index is 1.82. The highest BCUT2D eigenvalue weighted by molar-refractivity contribution is 6.33. The first-order chi connectivity index (χ1) is 11.6. The summed E-state index contributed by atoms with van der Waals surface area (Å²) in [5.74, 6) is -0.261. The number of nitrogens with zero attached hydrogens (tertiary/aromatic N) is 3. The molecule has 122 valence electrons. The smallest absolute Gasteiger partial charge is 0.256 e. The number of rotatable bonds is 4. The highest BCUT2D eigenvalue weighted by Gasteiger charge is 2.20. The number of hydrogen-bond donors (Lipinski definition) is 1. The molecule has 3 rings (SSSR count). The molecular weight excluding hydrogens is 324 g/mol. The van der Waals surface area contributed by atoms with Gasteiger partial charge in [-0.2, -0.15) is 5.10 Å². The highest BCUT2D eigenvalue weighted by atomic mass is 35.5. The molecule has 0 unspecified atom stereocenters. The van der Waals surface area contributed by atoms with Crippen LogP contribution in [0.2, 0.25) is 5.15 Å². The standard InChI is InChI=1S/C18H17ClN4O/c1-12-7-6-8-14(21-12)11-20-18(24)16-13(2)22-23(17(16)19)15-9-4-3-5-10-15/h3-10H,11H2,1-2H3,(H,20,24). The third kappa shape index (κ3) is 3.31. The van der Waals surface area contributed by atoms with Crippen LogP contribution in [-0.2, 0) is 6.54 Å². The first-order valence-corrected chi connectivity index (χ1v) is 7.95. The predicted octanol–water partition coefficient (Wildman–Crippen LogP) is 3.47. The average molecular weight is 341 g/mol. The largest absolute Gasteiger partial charge is 0.346 e. The fraction of sp³-hybridized carbons (Fsp3) is 0.167. The first-order valence-electron chi connectivity index (χ1n) is 7.57. The molecule has 3 aromatic rings. The molecule has 2 aromatic heterocycles. The van der Waals surface area contributed by atoms with E-state index in [9.17, 15) is 4.79 Å². The fourth-order valence-electron chi connectivity index (χ4n) is 2.45. The molecule has 2 heterocycles. The summed E-state index contributed by atoms with van der Waals surface area (Å²) in [6.45, 7) is 4.02. The number of aromatic nitrogens is 3. The van der Waals surface area contributed by atoms with Gasteiger partial charge < -0.3 is 5.32 Å². The van der Waals surface area contributed by atoms with Gasteiger partial charge in [0.15, 0.2) is 0 Å². The van der Waals surface area contributed by atoms with E-state index in [2.05, 4.69) is 15.4 Å². The number of pyridine rings is 1. The Morgan fingerprint density at radius 3 is 2.58 bits per heavy atom. The van der Waals surface area contributed by atoms with Crippen LogP contribution < -0.4 is 5.32 Å². The molecule has 1 N–H and O–H groups in total. The van der Waals surface area contributed by atoms with Crippen molar-refractivity contribution in [1.29, 1.82) is 0 Å². The van der Waals surface area contributed by atoms with E-state index in [1.807, 2.05) is 55.5 Å². The van der Waals surface area contributed by atoms with Crippen molar-refractivity contribution < 1.29 is 4.79 Å². The lowest BCUT2D eigenvalue weighted by Gasteiger charge is -2.06. The zero-order chi connectivity index (χ0) is 17.1. The van der Waals surface area contributed by atoms with E-state index >= 15 is 0 Å². The lowest BCUT2D eigenvalue weighted by atomic mass is 10.2. The molecule has 0 aliphatic carbocycles. The van der Waals surface area contributed by atoms with Gasteiger partial charge in [0.2, 0.25) is 0 Å². The Morgan fingerprint density at radius 2 is 1.88 bits per heavy atom. The topological polar surface area (TPSA) is 59.8 Å². The number of amides is 1. The third-order valence-electron chi connectivity index (χ3n) is 3.61. The van der Waals surface area contributed by atoms with Gasteiger partial charge in [-0.25, -0.2) is 4.68 Å². The Hall–Kier alpha value is -2.66. The van der Waals surface area contributed by atoms with Gasteiger partial charge in [-0.05, 0) is 38.1 Å². The fourth-order valence-corrected chi connectivity index (χ4v) is 2.81. The van der Waals surface area contributed by atoms with Crippen LogP contribution in [0.15, 0.2) is 48.5 Å². The highest BCUT2D eigenvalue weighted by Crippen LogP contribution is 2.23. The van der Waals surface area contributed by atoms with Crippen LogP contribution in [0.1, 0.15) is 27.4 Å². The molecule has 5 nitrogen and oxygen atoms in total. The molecule has 0 saturated heterocycles.